The zero-order chi connectivity index (χ0) is 15.7. The van der Waals surface area contributed by atoms with Crippen LogP contribution in [-0.2, 0) is 4.79 Å². The molecule has 0 aliphatic carbocycles. The Labute approximate surface area is 116 Å². The maximum absolute atomic E-state index is 13.4. The Balaban J connectivity index is 2.20. The Morgan fingerprint density at radius 3 is 2.33 bits per heavy atom. The number of aliphatic carboxylic acids is 1. The normalized spacial score (nSPS) is 21.4. The van der Waals surface area contributed by atoms with Gasteiger partial charge >= 0.3 is 12.0 Å². The number of rotatable bonds is 2. The molecule has 1 aromatic rings. The smallest absolute Gasteiger partial charge is 0.326 e. The molecule has 0 aromatic heterocycles. The van der Waals surface area contributed by atoms with E-state index in [0.717, 1.165) is 4.90 Å². The van der Waals surface area contributed by atoms with E-state index in [1.54, 1.807) is 0 Å². The van der Waals surface area contributed by atoms with Crippen molar-refractivity contribution in [1.29, 1.82) is 0 Å². The van der Waals surface area contributed by atoms with E-state index in [4.69, 9.17) is 5.11 Å². The molecule has 3 N–H and O–H groups in total. The summed E-state index contributed by atoms with van der Waals surface area (Å²) in [4.78, 5) is 23.6. The standard InChI is InChI=1S/C12H11F3N2O4/c13-5-1-7(14)10(8(15)2-5)16-12(21)17-4-6(18)3-9(17)11(19)20/h1-2,6,9,18H,3-4H2,(H,16,21)(H,19,20). The molecule has 2 amide bonds. The zero-order valence-electron chi connectivity index (χ0n) is 10.5. The number of β-amino-alcohol motifs (C(OH)–C–C–N with tert-alkyl or cyclic N) is 1. The van der Waals surface area contributed by atoms with Crippen molar-refractivity contribution in [1.82, 2.24) is 4.90 Å². The molecule has 1 fully saturated rings. The summed E-state index contributed by atoms with van der Waals surface area (Å²) in [5.41, 5.74) is -0.882. The molecule has 6 nitrogen and oxygen atoms in total. The van der Waals surface area contributed by atoms with E-state index in [1.807, 2.05) is 5.32 Å². The van der Waals surface area contributed by atoms with Gasteiger partial charge in [-0.25, -0.2) is 22.8 Å². The van der Waals surface area contributed by atoms with E-state index in [1.165, 1.54) is 0 Å². The van der Waals surface area contributed by atoms with Gasteiger partial charge in [0.1, 0.15) is 17.5 Å². The number of urea groups is 1. The first kappa shape index (κ1) is 15.1. The largest absolute Gasteiger partial charge is 0.480 e. The molecular formula is C12H11F3N2O4. The van der Waals surface area contributed by atoms with Crippen molar-refractivity contribution >= 4 is 17.7 Å². The van der Waals surface area contributed by atoms with Gasteiger partial charge < -0.3 is 20.4 Å². The van der Waals surface area contributed by atoms with Crippen LogP contribution < -0.4 is 5.32 Å². The van der Waals surface area contributed by atoms with Gasteiger partial charge in [0, 0.05) is 25.1 Å². The van der Waals surface area contributed by atoms with E-state index in [2.05, 4.69) is 0 Å². The summed E-state index contributed by atoms with van der Waals surface area (Å²) >= 11 is 0. The van der Waals surface area contributed by atoms with E-state index in [9.17, 15) is 27.9 Å². The van der Waals surface area contributed by atoms with E-state index in [0.29, 0.717) is 12.1 Å². The highest BCUT2D eigenvalue weighted by molar-refractivity contribution is 5.93. The summed E-state index contributed by atoms with van der Waals surface area (Å²) < 4.78 is 39.6. The van der Waals surface area contributed by atoms with Gasteiger partial charge in [-0.05, 0) is 0 Å². The fourth-order valence-corrected chi connectivity index (χ4v) is 2.11. The molecule has 114 valence electrons. The minimum Gasteiger partial charge on any atom is -0.480 e. The van der Waals surface area contributed by atoms with Crippen molar-refractivity contribution in [3.05, 3.63) is 29.6 Å². The number of hydrogen-bond donors (Lipinski definition) is 3. The molecule has 1 heterocycles. The van der Waals surface area contributed by atoms with Crippen LogP contribution >= 0.6 is 0 Å². The quantitative estimate of drug-likeness (QED) is 0.764. The second-order valence-electron chi connectivity index (χ2n) is 4.57. The third-order valence-corrected chi connectivity index (χ3v) is 3.06. The Bertz CT molecular complexity index is 573. The lowest BCUT2D eigenvalue weighted by atomic mass is 10.2. The van der Waals surface area contributed by atoms with Gasteiger partial charge in [0.05, 0.1) is 6.10 Å². The fraction of sp³-hybridized carbons (Fsp3) is 0.333. The molecular weight excluding hydrogens is 293 g/mol. The van der Waals surface area contributed by atoms with Gasteiger partial charge in [0.2, 0.25) is 0 Å². The number of likely N-dealkylation sites (tertiary alicyclic amines) is 1. The van der Waals surface area contributed by atoms with Gasteiger partial charge in [-0.2, -0.15) is 0 Å². The second kappa shape index (κ2) is 5.60. The number of carbonyl (C=O) groups is 2. The van der Waals surface area contributed by atoms with Crippen LogP contribution in [0.15, 0.2) is 12.1 Å². The fourth-order valence-electron chi connectivity index (χ4n) is 2.11. The van der Waals surface area contributed by atoms with Crippen molar-refractivity contribution in [2.24, 2.45) is 0 Å². The van der Waals surface area contributed by atoms with Crippen molar-refractivity contribution in [3.8, 4) is 0 Å². The predicted molar refractivity (Wildman–Crippen MR) is 64.1 cm³/mol. The highest BCUT2D eigenvalue weighted by Crippen LogP contribution is 2.23. The lowest BCUT2D eigenvalue weighted by molar-refractivity contribution is -0.141. The van der Waals surface area contributed by atoms with Crippen molar-refractivity contribution in [3.63, 3.8) is 0 Å². The molecule has 1 aromatic carbocycles. The van der Waals surface area contributed by atoms with E-state index in [-0.39, 0.29) is 13.0 Å². The van der Waals surface area contributed by atoms with E-state index >= 15 is 0 Å². The molecule has 1 aliphatic rings. The van der Waals surface area contributed by atoms with Crippen LogP contribution in [0.3, 0.4) is 0 Å². The number of aliphatic hydroxyl groups is 1. The maximum Gasteiger partial charge on any atom is 0.326 e. The first-order valence-corrected chi connectivity index (χ1v) is 5.92. The first-order valence-electron chi connectivity index (χ1n) is 5.92. The van der Waals surface area contributed by atoms with Crippen molar-refractivity contribution < 1.29 is 33.0 Å². The molecule has 21 heavy (non-hydrogen) atoms. The number of halogens is 3. The molecule has 9 heteroatoms. The van der Waals surface area contributed by atoms with Crippen LogP contribution in [-0.4, -0.2) is 45.8 Å². The number of nitrogens with one attached hydrogen (secondary N) is 1. The monoisotopic (exact) mass is 304 g/mol. The van der Waals surface area contributed by atoms with Gasteiger partial charge in [0.25, 0.3) is 0 Å². The van der Waals surface area contributed by atoms with Crippen LogP contribution in [0.2, 0.25) is 0 Å². The summed E-state index contributed by atoms with van der Waals surface area (Å²) in [6.07, 6.45) is -1.23. The second-order valence-corrected chi connectivity index (χ2v) is 4.57. The van der Waals surface area contributed by atoms with Crippen LogP contribution in [0.25, 0.3) is 0 Å². The predicted octanol–water partition coefficient (Wildman–Crippen LogP) is 1.16. The molecule has 0 radical (unpaired) electrons. The number of anilines is 1. The molecule has 2 unspecified atom stereocenters. The summed E-state index contributed by atoms with van der Waals surface area (Å²) in [5, 5.41) is 20.2. The molecule has 0 spiro atoms. The zero-order valence-corrected chi connectivity index (χ0v) is 10.5. The average molecular weight is 304 g/mol. The lowest BCUT2D eigenvalue weighted by Crippen LogP contribution is -2.43. The number of aliphatic hydroxyl groups excluding tert-OH is 1. The number of carboxylic acid groups (broad SMARTS) is 1. The minimum absolute atomic E-state index is 0.183. The van der Waals surface area contributed by atoms with Gasteiger partial charge in [-0.15, -0.1) is 0 Å². The van der Waals surface area contributed by atoms with E-state index < -0.39 is 47.3 Å². The summed E-state index contributed by atoms with van der Waals surface area (Å²) in [5.74, 6) is -5.15. The van der Waals surface area contributed by atoms with Gasteiger partial charge in [-0.3, -0.25) is 0 Å². The van der Waals surface area contributed by atoms with Gasteiger partial charge in [-0.1, -0.05) is 0 Å². The van der Waals surface area contributed by atoms with Crippen molar-refractivity contribution in [2.75, 3.05) is 11.9 Å². The Kier molecular flexibility index (Phi) is 4.03. The van der Waals surface area contributed by atoms with Gasteiger partial charge in [0.15, 0.2) is 11.6 Å². The lowest BCUT2D eigenvalue weighted by Gasteiger charge is -2.21. The summed E-state index contributed by atoms with van der Waals surface area (Å²) in [6, 6.07) is -1.63. The number of carbonyl (C=O) groups excluding carboxylic acids is 1. The maximum atomic E-state index is 13.4. The minimum atomic E-state index is -1.35. The van der Waals surface area contributed by atoms with Crippen molar-refractivity contribution in [2.45, 2.75) is 18.6 Å². The molecule has 2 atom stereocenters. The highest BCUT2D eigenvalue weighted by Gasteiger charge is 2.39. The third kappa shape index (κ3) is 3.07. The van der Waals surface area contributed by atoms with Crippen LogP contribution in [0, 0.1) is 17.5 Å². The SMILES string of the molecule is O=C(O)C1CC(O)CN1C(=O)Nc1c(F)cc(F)cc1F. The Hall–Kier alpha value is -2.29. The molecule has 1 aliphatic heterocycles. The van der Waals surface area contributed by atoms with Crippen LogP contribution in [0.4, 0.5) is 23.7 Å². The number of amides is 2. The van der Waals surface area contributed by atoms with Crippen LogP contribution in [0.1, 0.15) is 6.42 Å². The number of benzene rings is 1. The Morgan fingerprint density at radius 2 is 1.81 bits per heavy atom. The molecule has 2 rings (SSSR count). The number of carboxylic acids is 1. The third-order valence-electron chi connectivity index (χ3n) is 3.06. The Morgan fingerprint density at radius 1 is 1.24 bits per heavy atom. The number of hydrogen-bond acceptors (Lipinski definition) is 3. The summed E-state index contributed by atoms with van der Waals surface area (Å²) in [7, 11) is 0. The van der Waals surface area contributed by atoms with Crippen LogP contribution in [0.5, 0.6) is 0 Å². The topological polar surface area (TPSA) is 89.9 Å². The molecule has 0 saturated carbocycles. The number of nitrogens with zero attached hydrogens (tertiary/aromatic N) is 1. The average Bonchev–Trinajstić information content (AvgIpc) is 2.76. The molecule has 0 bridgehead atoms. The highest BCUT2D eigenvalue weighted by atomic mass is 19.1. The molecule has 1 saturated heterocycles. The first-order chi connectivity index (χ1) is 9.79. The summed E-state index contributed by atoms with van der Waals surface area (Å²) in [6.45, 7) is -0.284.